The highest BCUT2D eigenvalue weighted by molar-refractivity contribution is 6.11. The number of rotatable bonds is 1. The SMILES string of the molecule is Cc1ccc2c(c1)C13CC(C)(C)CC1(CC(C)(C)C3)c1cc(-c3nc4ccccc4c4ccccc34)ccc1-2. The van der Waals surface area contributed by atoms with Gasteiger partial charge in [-0.15, -0.1) is 0 Å². The highest BCUT2D eigenvalue weighted by atomic mass is 14.7. The lowest BCUT2D eigenvalue weighted by atomic mass is 9.55. The first-order valence-electron chi connectivity index (χ1n) is 14.7. The lowest BCUT2D eigenvalue weighted by Crippen LogP contribution is -2.43. The van der Waals surface area contributed by atoms with E-state index >= 15 is 0 Å². The molecule has 1 heterocycles. The molecule has 0 spiro atoms. The van der Waals surface area contributed by atoms with Crippen LogP contribution in [0.5, 0.6) is 0 Å². The summed E-state index contributed by atoms with van der Waals surface area (Å²) in [6, 6.07) is 32.0. The molecule has 5 aromatic rings. The van der Waals surface area contributed by atoms with Crippen LogP contribution in [0.25, 0.3) is 44.1 Å². The maximum absolute atomic E-state index is 5.30. The van der Waals surface area contributed by atoms with Gasteiger partial charge in [0.1, 0.15) is 0 Å². The van der Waals surface area contributed by atoms with E-state index < -0.39 is 0 Å². The predicted molar refractivity (Wildman–Crippen MR) is 164 cm³/mol. The van der Waals surface area contributed by atoms with Crippen molar-refractivity contribution < 1.29 is 0 Å². The molecule has 1 aromatic heterocycles. The van der Waals surface area contributed by atoms with Crippen LogP contribution >= 0.6 is 0 Å². The quantitative estimate of drug-likeness (QED) is 0.206. The molecule has 8 rings (SSSR count). The molecule has 2 fully saturated rings. The predicted octanol–water partition coefficient (Wildman–Crippen LogP) is 10.2. The summed E-state index contributed by atoms with van der Waals surface area (Å²) < 4.78 is 0. The Bertz CT molecular complexity index is 1820. The third-order valence-corrected chi connectivity index (χ3v) is 10.4. The van der Waals surface area contributed by atoms with E-state index in [1.807, 2.05) is 0 Å². The molecule has 3 aliphatic carbocycles. The number of nitrogens with zero attached hydrogens (tertiary/aromatic N) is 1. The number of hydrogen-bond donors (Lipinski definition) is 0. The largest absolute Gasteiger partial charge is 0.247 e. The summed E-state index contributed by atoms with van der Waals surface area (Å²) in [5.74, 6) is 0. The lowest BCUT2D eigenvalue weighted by molar-refractivity contribution is 0.264. The van der Waals surface area contributed by atoms with E-state index in [2.05, 4.69) is 120 Å². The molecule has 39 heavy (non-hydrogen) atoms. The Hall–Kier alpha value is -3.45. The topological polar surface area (TPSA) is 12.9 Å². The monoisotopic (exact) mass is 507 g/mol. The van der Waals surface area contributed by atoms with Crippen molar-refractivity contribution in [2.75, 3.05) is 0 Å². The zero-order valence-corrected chi connectivity index (χ0v) is 23.9. The van der Waals surface area contributed by atoms with Gasteiger partial charge in [0, 0.05) is 27.2 Å². The molecular weight excluding hydrogens is 470 g/mol. The normalized spacial score (nSPS) is 25.8. The first-order valence-corrected chi connectivity index (χ1v) is 14.7. The van der Waals surface area contributed by atoms with Crippen molar-refractivity contribution in [2.45, 2.75) is 71.1 Å². The molecule has 4 aromatic carbocycles. The maximum atomic E-state index is 5.30. The summed E-state index contributed by atoms with van der Waals surface area (Å²) in [5.41, 5.74) is 11.9. The summed E-state index contributed by atoms with van der Waals surface area (Å²) in [6.07, 6.45) is 5.03. The minimum Gasteiger partial charge on any atom is -0.247 e. The van der Waals surface area contributed by atoms with Crippen molar-refractivity contribution in [1.29, 1.82) is 0 Å². The van der Waals surface area contributed by atoms with Crippen LogP contribution < -0.4 is 0 Å². The van der Waals surface area contributed by atoms with Crippen LogP contribution in [0.4, 0.5) is 0 Å². The molecule has 1 heteroatoms. The van der Waals surface area contributed by atoms with Gasteiger partial charge in [-0.05, 0) is 83.2 Å². The molecule has 3 aliphatic rings. The number of aryl methyl sites for hydroxylation is 1. The molecule has 0 saturated heterocycles. The third-order valence-electron chi connectivity index (χ3n) is 10.4. The Labute approximate surface area is 232 Å². The molecular formula is C38H37N. The zero-order valence-electron chi connectivity index (χ0n) is 23.9. The van der Waals surface area contributed by atoms with Crippen LogP contribution in [-0.2, 0) is 10.8 Å². The van der Waals surface area contributed by atoms with Gasteiger partial charge in [0.05, 0.1) is 11.2 Å². The highest BCUT2D eigenvalue weighted by Crippen LogP contribution is 2.76. The Morgan fingerprint density at radius 2 is 1.10 bits per heavy atom. The van der Waals surface area contributed by atoms with Crippen molar-refractivity contribution in [2.24, 2.45) is 10.8 Å². The van der Waals surface area contributed by atoms with E-state index in [4.69, 9.17) is 4.98 Å². The molecule has 0 amide bonds. The van der Waals surface area contributed by atoms with Crippen molar-refractivity contribution in [1.82, 2.24) is 4.98 Å². The van der Waals surface area contributed by atoms with Gasteiger partial charge in [0.2, 0.25) is 0 Å². The van der Waals surface area contributed by atoms with Crippen molar-refractivity contribution in [3.63, 3.8) is 0 Å². The van der Waals surface area contributed by atoms with Gasteiger partial charge in [-0.1, -0.05) is 106 Å². The number of aromatic nitrogens is 1. The summed E-state index contributed by atoms with van der Waals surface area (Å²) in [7, 11) is 0. The van der Waals surface area contributed by atoms with E-state index in [-0.39, 0.29) is 10.8 Å². The fraction of sp³-hybridized carbons (Fsp3) is 0.342. The molecule has 0 unspecified atom stereocenters. The molecule has 2 saturated carbocycles. The van der Waals surface area contributed by atoms with Crippen LogP contribution in [0.2, 0.25) is 0 Å². The summed E-state index contributed by atoms with van der Waals surface area (Å²) >= 11 is 0. The van der Waals surface area contributed by atoms with Gasteiger partial charge < -0.3 is 0 Å². The van der Waals surface area contributed by atoms with Gasteiger partial charge in [-0.2, -0.15) is 0 Å². The summed E-state index contributed by atoms with van der Waals surface area (Å²) in [6.45, 7) is 12.3. The standard InChI is InChI=1S/C38H37N/c1-24-14-16-27-28-17-15-25(34-30-12-7-6-10-26(30)29-11-8-9-13-33(29)39-34)19-32(28)38-22-35(2,3)20-37(38,31(27)18-24)21-36(4,5)23-38/h6-19H,20-23H2,1-5H3. The van der Waals surface area contributed by atoms with Crippen LogP contribution in [-0.4, -0.2) is 4.98 Å². The lowest BCUT2D eigenvalue weighted by Gasteiger charge is -2.48. The first-order chi connectivity index (χ1) is 18.6. The number of pyridine rings is 1. The second-order valence-electron chi connectivity index (χ2n) is 14.5. The number of benzene rings is 4. The van der Waals surface area contributed by atoms with Gasteiger partial charge >= 0.3 is 0 Å². The average Bonchev–Trinajstić information content (AvgIpc) is 3.28. The molecule has 194 valence electrons. The number of fused-ring (bicyclic) bond motifs is 6. The Morgan fingerprint density at radius 1 is 0.564 bits per heavy atom. The second-order valence-corrected chi connectivity index (χ2v) is 14.5. The second kappa shape index (κ2) is 7.39. The Balaban J connectivity index is 1.46. The number of para-hydroxylation sites is 1. The van der Waals surface area contributed by atoms with Gasteiger partial charge in [0.15, 0.2) is 0 Å². The molecule has 0 radical (unpaired) electrons. The van der Waals surface area contributed by atoms with Gasteiger partial charge in [-0.25, -0.2) is 4.98 Å². The van der Waals surface area contributed by atoms with Crippen molar-refractivity contribution in [3.8, 4) is 22.4 Å². The first kappa shape index (κ1) is 23.4. The Kier molecular flexibility index (Phi) is 4.44. The molecule has 0 aliphatic heterocycles. The summed E-state index contributed by atoms with van der Waals surface area (Å²) in [5, 5.41) is 3.75. The van der Waals surface area contributed by atoms with Crippen molar-refractivity contribution in [3.05, 3.63) is 102 Å². The van der Waals surface area contributed by atoms with Gasteiger partial charge in [0.25, 0.3) is 0 Å². The smallest absolute Gasteiger partial charge is 0.0788 e. The van der Waals surface area contributed by atoms with E-state index in [1.165, 1.54) is 64.1 Å². The van der Waals surface area contributed by atoms with E-state index in [0.717, 1.165) is 11.2 Å². The van der Waals surface area contributed by atoms with E-state index in [0.29, 0.717) is 10.8 Å². The van der Waals surface area contributed by atoms with E-state index in [9.17, 15) is 0 Å². The van der Waals surface area contributed by atoms with Crippen LogP contribution in [0.15, 0.2) is 84.9 Å². The molecule has 1 nitrogen and oxygen atoms in total. The zero-order chi connectivity index (χ0) is 26.8. The summed E-state index contributed by atoms with van der Waals surface area (Å²) in [4.78, 5) is 5.30. The third kappa shape index (κ3) is 3.05. The minimum atomic E-state index is 0.152. The fourth-order valence-corrected chi connectivity index (χ4v) is 9.83. The molecule has 0 bridgehead atoms. The van der Waals surface area contributed by atoms with Gasteiger partial charge in [-0.3, -0.25) is 0 Å². The molecule has 0 N–H and O–H groups in total. The maximum Gasteiger partial charge on any atom is 0.0788 e. The van der Waals surface area contributed by atoms with E-state index in [1.54, 1.807) is 11.1 Å². The van der Waals surface area contributed by atoms with Crippen LogP contribution in [0.1, 0.15) is 70.1 Å². The molecule has 0 atom stereocenters. The van der Waals surface area contributed by atoms with Crippen LogP contribution in [0.3, 0.4) is 0 Å². The van der Waals surface area contributed by atoms with Crippen LogP contribution in [0, 0.1) is 17.8 Å². The fourth-order valence-electron chi connectivity index (χ4n) is 9.83. The van der Waals surface area contributed by atoms with Crippen molar-refractivity contribution >= 4 is 21.7 Å². The number of hydrogen-bond acceptors (Lipinski definition) is 1. The minimum absolute atomic E-state index is 0.152. The highest BCUT2D eigenvalue weighted by Gasteiger charge is 2.70. The Morgan fingerprint density at radius 3 is 1.77 bits per heavy atom. The average molecular weight is 508 g/mol.